The van der Waals surface area contributed by atoms with E-state index in [4.69, 9.17) is 4.74 Å². The molecule has 1 amide bonds. The van der Waals surface area contributed by atoms with Gasteiger partial charge in [0.05, 0.1) is 17.9 Å². The zero-order chi connectivity index (χ0) is 16.1. The molecule has 2 rings (SSSR count). The molecular weight excluding hydrogens is 278 g/mol. The lowest BCUT2D eigenvalue weighted by Crippen LogP contribution is -2.36. The number of hydrogen-bond donors (Lipinski definition) is 1. The molecule has 22 heavy (non-hydrogen) atoms. The summed E-state index contributed by atoms with van der Waals surface area (Å²) in [5.41, 5.74) is 1.89. The Kier molecular flexibility index (Phi) is 5.36. The second-order valence-electron chi connectivity index (χ2n) is 6.00. The van der Waals surface area contributed by atoms with Crippen LogP contribution in [0.25, 0.3) is 0 Å². The lowest BCUT2D eigenvalue weighted by atomic mass is 9.82. The van der Waals surface area contributed by atoms with Crippen LogP contribution in [0.3, 0.4) is 0 Å². The highest BCUT2D eigenvalue weighted by Gasteiger charge is 2.35. The number of hydrogen-bond acceptors (Lipinski definition) is 3. The quantitative estimate of drug-likeness (QED) is 0.684. The Hall–Kier alpha value is -2.10. The second kappa shape index (κ2) is 7.25. The predicted molar refractivity (Wildman–Crippen MR) is 86.4 cm³/mol. The van der Waals surface area contributed by atoms with E-state index in [0.717, 1.165) is 11.3 Å². The van der Waals surface area contributed by atoms with Crippen molar-refractivity contribution < 1.29 is 14.3 Å². The van der Waals surface area contributed by atoms with E-state index in [1.807, 2.05) is 57.2 Å². The average Bonchev–Trinajstić information content (AvgIpc) is 2.49. The van der Waals surface area contributed by atoms with Crippen LogP contribution in [0, 0.1) is 18.8 Å². The molecule has 1 aromatic rings. The summed E-state index contributed by atoms with van der Waals surface area (Å²) in [5.74, 6) is -1.20. The number of anilines is 1. The summed E-state index contributed by atoms with van der Waals surface area (Å²) in [6, 6.07) is 7.63. The van der Waals surface area contributed by atoms with E-state index >= 15 is 0 Å². The van der Waals surface area contributed by atoms with E-state index in [9.17, 15) is 9.59 Å². The summed E-state index contributed by atoms with van der Waals surface area (Å²) < 4.78 is 5.28. The van der Waals surface area contributed by atoms with Crippen molar-refractivity contribution in [3.05, 3.63) is 42.0 Å². The van der Waals surface area contributed by atoms with Crippen LogP contribution in [0.15, 0.2) is 36.4 Å². The van der Waals surface area contributed by atoms with Gasteiger partial charge in [0.1, 0.15) is 0 Å². The van der Waals surface area contributed by atoms with Crippen molar-refractivity contribution in [1.82, 2.24) is 0 Å². The minimum absolute atomic E-state index is 0.126. The van der Waals surface area contributed by atoms with Crippen molar-refractivity contribution in [3.8, 4) is 0 Å². The fraction of sp³-hybridized carbons (Fsp3) is 0.444. The number of rotatable bonds is 4. The molecule has 0 radical (unpaired) electrons. The van der Waals surface area contributed by atoms with Gasteiger partial charge in [-0.05, 0) is 45.7 Å². The van der Waals surface area contributed by atoms with E-state index < -0.39 is 5.92 Å². The Bertz CT molecular complexity index is 560. The number of amides is 1. The van der Waals surface area contributed by atoms with E-state index in [1.54, 1.807) is 0 Å². The minimum Gasteiger partial charge on any atom is -0.463 e. The molecule has 118 valence electrons. The fourth-order valence-corrected chi connectivity index (χ4v) is 2.56. The van der Waals surface area contributed by atoms with Crippen LogP contribution in [-0.2, 0) is 14.3 Å². The molecule has 0 aromatic heterocycles. The lowest BCUT2D eigenvalue weighted by molar-refractivity contribution is -0.156. The average molecular weight is 301 g/mol. The molecule has 0 saturated carbocycles. The Balaban J connectivity index is 2.06. The maximum atomic E-state index is 12.5. The fourth-order valence-electron chi connectivity index (χ4n) is 2.56. The van der Waals surface area contributed by atoms with Gasteiger partial charge in [-0.15, -0.1) is 0 Å². The third-order valence-electron chi connectivity index (χ3n) is 3.74. The van der Waals surface area contributed by atoms with Gasteiger partial charge in [0, 0.05) is 5.69 Å². The van der Waals surface area contributed by atoms with Gasteiger partial charge in [-0.3, -0.25) is 9.59 Å². The summed E-state index contributed by atoms with van der Waals surface area (Å²) >= 11 is 0. The molecular formula is C18H23NO3. The molecule has 0 saturated heterocycles. The van der Waals surface area contributed by atoms with E-state index in [1.165, 1.54) is 0 Å². The first-order valence-electron chi connectivity index (χ1n) is 7.70. The molecule has 0 bridgehead atoms. The van der Waals surface area contributed by atoms with Gasteiger partial charge < -0.3 is 10.1 Å². The Morgan fingerprint density at radius 3 is 2.27 bits per heavy atom. The maximum Gasteiger partial charge on any atom is 0.310 e. The van der Waals surface area contributed by atoms with Crippen LogP contribution in [0.4, 0.5) is 5.69 Å². The van der Waals surface area contributed by atoms with Crippen LogP contribution >= 0.6 is 0 Å². The topological polar surface area (TPSA) is 55.4 Å². The minimum atomic E-state index is -0.405. The van der Waals surface area contributed by atoms with Gasteiger partial charge in [-0.1, -0.05) is 29.8 Å². The predicted octanol–water partition coefficient (Wildman–Crippen LogP) is 3.47. The second-order valence-corrected chi connectivity index (χ2v) is 6.00. The molecule has 0 aliphatic heterocycles. The largest absolute Gasteiger partial charge is 0.463 e. The zero-order valence-corrected chi connectivity index (χ0v) is 13.3. The number of aryl methyl sites for hydroxylation is 1. The van der Waals surface area contributed by atoms with Gasteiger partial charge >= 0.3 is 5.97 Å². The van der Waals surface area contributed by atoms with Crippen LogP contribution in [0.5, 0.6) is 0 Å². The molecule has 0 spiro atoms. The highest BCUT2D eigenvalue weighted by Crippen LogP contribution is 2.28. The zero-order valence-electron chi connectivity index (χ0n) is 13.3. The van der Waals surface area contributed by atoms with Gasteiger partial charge in [0.15, 0.2) is 0 Å². The normalized spacial score (nSPS) is 20.7. The van der Waals surface area contributed by atoms with E-state index in [2.05, 4.69) is 5.32 Å². The monoisotopic (exact) mass is 301 g/mol. The molecule has 1 N–H and O–H groups in total. The number of allylic oxidation sites excluding steroid dienone is 2. The third kappa shape index (κ3) is 4.20. The summed E-state index contributed by atoms with van der Waals surface area (Å²) in [6.07, 6.45) is 4.85. The Labute approximate surface area is 131 Å². The van der Waals surface area contributed by atoms with Crippen molar-refractivity contribution in [1.29, 1.82) is 0 Å². The van der Waals surface area contributed by atoms with Crippen LogP contribution in [-0.4, -0.2) is 18.0 Å². The van der Waals surface area contributed by atoms with Crippen molar-refractivity contribution >= 4 is 17.6 Å². The summed E-state index contributed by atoms with van der Waals surface area (Å²) in [7, 11) is 0. The summed E-state index contributed by atoms with van der Waals surface area (Å²) in [4.78, 5) is 24.7. The smallest absolute Gasteiger partial charge is 0.310 e. The highest BCUT2D eigenvalue weighted by atomic mass is 16.5. The third-order valence-corrected chi connectivity index (χ3v) is 3.74. The van der Waals surface area contributed by atoms with E-state index in [0.29, 0.717) is 12.8 Å². The maximum absolute atomic E-state index is 12.5. The van der Waals surface area contributed by atoms with Gasteiger partial charge in [-0.2, -0.15) is 0 Å². The highest BCUT2D eigenvalue weighted by molar-refractivity contribution is 5.95. The van der Waals surface area contributed by atoms with Crippen molar-refractivity contribution in [2.45, 2.75) is 39.7 Å². The number of carbonyl (C=O) groups is 2. The van der Waals surface area contributed by atoms with Crippen molar-refractivity contribution in [3.63, 3.8) is 0 Å². The standard InChI is InChI=1S/C18H23NO3/c1-12(2)22-18(21)16-7-5-4-6-15(16)17(20)19-14-10-8-13(3)9-11-14/h4-5,8-12,15-16H,6-7H2,1-3H3,(H,19,20)/t15-,16-/m1/s1. The van der Waals surface area contributed by atoms with Gasteiger partial charge in [0.2, 0.25) is 5.91 Å². The number of esters is 1. The summed E-state index contributed by atoms with van der Waals surface area (Å²) in [5, 5.41) is 2.90. The van der Waals surface area contributed by atoms with Gasteiger partial charge in [-0.25, -0.2) is 0 Å². The molecule has 1 aromatic carbocycles. The van der Waals surface area contributed by atoms with Crippen molar-refractivity contribution in [2.24, 2.45) is 11.8 Å². The van der Waals surface area contributed by atoms with Gasteiger partial charge in [0.25, 0.3) is 0 Å². The molecule has 0 fully saturated rings. The number of benzene rings is 1. The molecule has 4 heteroatoms. The first-order valence-corrected chi connectivity index (χ1v) is 7.70. The molecule has 2 atom stereocenters. The first-order chi connectivity index (χ1) is 10.5. The number of nitrogens with one attached hydrogen (secondary N) is 1. The first kappa shape index (κ1) is 16.3. The van der Waals surface area contributed by atoms with Crippen molar-refractivity contribution in [2.75, 3.05) is 5.32 Å². The molecule has 4 nitrogen and oxygen atoms in total. The Morgan fingerprint density at radius 1 is 1.09 bits per heavy atom. The van der Waals surface area contributed by atoms with Crippen LogP contribution in [0.2, 0.25) is 0 Å². The number of ether oxygens (including phenoxy) is 1. The molecule has 1 aliphatic rings. The summed E-state index contributed by atoms with van der Waals surface area (Å²) in [6.45, 7) is 5.63. The Morgan fingerprint density at radius 2 is 1.68 bits per heavy atom. The van der Waals surface area contributed by atoms with Crippen LogP contribution in [0.1, 0.15) is 32.3 Å². The lowest BCUT2D eigenvalue weighted by Gasteiger charge is -2.26. The van der Waals surface area contributed by atoms with E-state index in [-0.39, 0.29) is 23.9 Å². The molecule has 1 aliphatic carbocycles. The molecule has 0 heterocycles. The van der Waals surface area contributed by atoms with Crippen LogP contribution < -0.4 is 5.32 Å². The number of carbonyl (C=O) groups excluding carboxylic acids is 2. The SMILES string of the molecule is Cc1ccc(NC(=O)[C@@H]2CC=CC[C@H]2C(=O)OC(C)C)cc1. The molecule has 0 unspecified atom stereocenters.